The van der Waals surface area contributed by atoms with Crippen molar-refractivity contribution >= 4 is 10.0 Å². The molecule has 2 unspecified atom stereocenters. The number of primary sulfonamides is 1. The Hall–Kier alpha value is -0.750. The van der Waals surface area contributed by atoms with Crippen molar-refractivity contribution in [3.05, 3.63) is 12.0 Å². The predicted molar refractivity (Wildman–Crippen MR) is 95.8 cm³/mol. The van der Waals surface area contributed by atoms with Gasteiger partial charge < -0.3 is 10.2 Å². The zero-order chi connectivity index (χ0) is 17.7. The van der Waals surface area contributed by atoms with Crippen molar-refractivity contribution in [3.63, 3.8) is 0 Å². The summed E-state index contributed by atoms with van der Waals surface area (Å²) in [5.74, 6) is -0.239. The second-order valence-electron chi connectivity index (χ2n) is 6.60. The number of aliphatic hydroxyl groups is 2. The van der Waals surface area contributed by atoms with E-state index in [1.165, 1.54) is 44.6 Å². The van der Waals surface area contributed by atoms with E-state index in [9.17, 15) is 8.42 Å². The summed E-state index contributed by atoms with van der Waals surface area (Å²) in [5, 5.41) is 22.8. The zero-order valence-corrected chi connectivity index (χ0v) is 15.5. The van der Waals surface area contributed by atoms with Crippen LogP contribution < -0.4 is 5.14 Å². The molecule has 2 atom stereocenters. The quantitative estimate of drug-likeness (QED) is 0.319. The van der Waals surface area contributed by atoms with Gasteiger partial charge in [0.15, 0.2) is 0 Å². The van der Waals surface area contributed by atoms with Gasteiger partial charge in [0.05, 0.1) is 5.75 Å². The second-order valence-corrected chi connectivity index (χ2v) is 8.34. The van der Waals surface area contributed by atoms with Crippen molar-refractivity contribution in [2.45, 2.75) is 78.1 Å². The van der Waals surface area contributed by atoms with Gasteiger partial charge in [-0.1, -0.05) is 65.2 Å². The van der Waals surface area contributed by atoms with Crippen LogP contribution in [-0.4, -0.2) is 24.4 Å². The molecule has 0 radical (unpaired) electrons. The molecule has 0 spiro atoms. The average molecular weight is 350 g/mol. The van der Waals surface area contributed by atoms with Crippen molar-refractivity contribution < 1.29 is 18.6 Å². The number of sulfonamides is 1. The molecule has 0 aromatic carbocycles. The molecule has 4 N–H and O–H groups in total. The normalized spacial score (nSPS) is 14.4. The minimum atomic E-state index is -3.44. The van der Waals surface area contributed by atoms with Gasteiger partial charge in [0.1, 0.15) is 0 Å². The molecule has 0 aromatic rings. The van der Waals surface area contributed by atoms with E-state index in [0.717, 1.165) is 12.8 Å². The highest BCUT2D eigenvalue weighted by Crippen LogP contribution is 2.26. The van der Waals surface area contributed by atoms with E-state index in [-0.39, 0.29) is 17.6 Å². The standard InChI is InChI=1S/C17H35NO4S/c1-3-4-5-6-7-8-9-10-16(13-14-23(18,21)22)15(2)11-12-17(19)20/h12,15-16,19-20H,3-11,13-14H2,1-2H3,(H2,18,21,22). The van der Waals surface area contributed by atoms with E-state index >= 15 is 0 Å². The number of rotatable bonds is 14. The third kappa shape index (κ3) is 14.6. The summed E-state index contributed by atoms with van der Waals surface area (Å²) in [5.41, 5.74) is 0. The van der Waals surface area contributed by atoms with Crippen LogP contribution in [0.4, 0.5) is 0 Å². The minimum Gasteiger partial charge on any atom is -0.481 e. The fraction of sp³-hybridized carbons (Fsp3) is 0.882. The Kier molecular flexibility index (Phi) is 12.2. The monoisotopic (exact) mass is 349 g/mol. The van der Waals surface area contributed by atoms with Gasteiger partial charge >= 0.3 is 0 Å². The smallest absolute Gasteiger partial charge is 0.269 e. The molecule has 0 heterocycles. The Morgan fingerprint density at radius 1 is 1.04 bits per heavy atom. The molecule has 0 fully saturated rings. The van der Waals surface area contributed by atoms with Crippen LogP contribution in [0.2, 0.25) is 0 Å². The van der Waals surface area contributed by atoms with Crippen molar-refractivity contribution in [1.82, 2.24) is 0 Å². The summed E-state index contributed by atoms with van der Waals surface area (Å²) >= 11 is 0. The SMILES string of the molecule is CCCCCCCCCC(CCS(N)(=O)=O)C(C)CC=C(O)O. The molecule has 0 aliphatic rings. The first-order valence-corrected chi connectivity index (χ1v) is 10.6. The predicted octanol–water partition coefficient (Wildman–Crippen LogP) is 4.41. The Labute approximate surface area is 142 Å². The number of hydrogen-bond acceptors (Lipinski definition) is 4. The summed E-state index contributed by atoms with van der Waals surface area (Å²) in [6, 6.07) is 0. The van der Waals surface area contributed by atoms with E-state index in [1.54, 1.807) is 0 Å². The van der Waals surface area contributed by atoms with Crippen LogP contribution in [0.5, 0.6) is 0 Å². The number of hydrogen-bond donors (Lipinski definition) is 3. The average Bonchev–Trinajstić information content (AvgIpc) is 2.45. The lowest BCUT2D eigenvalue weighted by Crippen LogP contribution is -2.21. The molecule has 138 valence electrons. The van der Waals surface area contributed by atoms with Crippen LogP contribution in [0, 0.1) is 11.8 Å². The van der Waals surface area contributed by atoms with Crippen LogP contribution in [0.3, 0.4) is 0 Å². The van der Waals surface area contributed by atoms with Gasteiger partial charge in [0.2, 0.25) is 10.0 Å². The molecule has 0 aromatic heterocycles. The van der Waals surface area contributed by atoms with Crippen molar-refractivity contribution in [2.75, 3.05) is 5.75 Å². The first-order chi connectivity index (χ1) is 10.8. The van der Waals surface area contributed by atoms with Gasteiger partial charge in [-0.15, -0.1) is 0 Å². The first kappa shape index (κ1) is 22.2. The van der Waals surface area contributed by atoms with Crippen molar-refractivity contribution in [3.8, 4) is 0 Å². The fourth-order valence-corrected chi connectivity index (χ4v) is 3.51. The Balaban J connectivity index is 4.23. The van der Waals surface area contributed by atoms with Gasteiger partial charge in [-0.3, -0.25) is 0 Å². The molecule has 0 saturated heterocycles. The summed E-state index contributed by atoms with van der Waals surface area (Å²) in [6.07, 6.45) is 12.0. The lowest BCUT2D eigenvalue weighted by atomic mass is 9.84. The Bertz CT molecular complexity index is 416. The maximum Gasteiger partial charge on any atom is 0.269 e. The van der Waals surface area contributed by atoms with Crippen LogP contribution in [0.1, 0.15) is 78.1 Å². The molecule has 0 bridgehead atoms. The molecule has 0 aliphatic heterocycles. The van der Waals surface area contributed by atoms with Gasteiger partial charge in [-0.05, 0) is 30.8 Å². The second kappa shape index (κ2) is 12.6. The molecule has 5 nitrogen and oxygen atoms in total. The highest BCUT2D eigenvalue weighted by molar-refractivity contribution is 7.89. The summed E-state index contributed by atoms with van der Waals surface area (Å²) in [6.45, 7) is 4.23. The highest BCUT2D eigenvalue weighted by atomic mass is 32.2. The largest absolute Gasteiger partial charge is 0.481 e. The van der Waals surface area contributed by atoms with E-state index < -0.39 is 16.0 Å². The maximum absolute atomic E-state index is 11.2. The molecule has 23 heavy (non-hydrogen) atoms. The lowest BCUT2D eigenvalue weighted by Gasteiger charge is -2.22. The fourth-order valence-electron chi connectivity index (χ4n) is 2.88. The van der Waals surface area contributed by atoms with Gasteiger partial charge in [0.25, 0.3) is 5.95 Å². The van der Waals surface area contributed by atoms with Gasteiger partial charge in [-0.2, -0.15) is 0 Å². The van der Waals surface area contributed by atoms with Crippen LogP contribution >= 0.6 is 0 Å². The first-order valence-electron chi connectivity index (χ1n) is 8.84. The third-order valence-corrected chi connectivity index (χ3v) is 5.23. The number of allylic oxidation sites excluding steroid dienone is 1. The highest BCUT2D eigenvalue weighted by Gasteiger charge is 2.18. The minimum absolute atomic E-state index is 0.00662. The topological polar surface area (TPSA) is 101 Å². The summed E-state index contributed by atoms with van der Waals surface area (Å²) in [7, 11) is -3.44. The van der Waals surface area contributed by atoms with Crippen LogP contribution in [0.15, 0.2) is 12.0 Å². The van der Waals surface area contributed by atoms with E-state index in [1.807, 2.05) is 6.92 Å². The summed E-state index contributed by atoms with van der Waals surface area (Å²) in [4.78, 5) is 0. The number of unbranched alkanes of at least 4 members (excludes halogenated alkanes) is 6. The van der Waals surface area contributed by atoms with Crippen LogP contribution in [0.25, 0.3) is 0 Å². The maximum atomic E-state index is 11.2. The zero-order valence-electron chi connectivity index (χ0n) is 14.7. The Morgan fingerprint density at radius 2 is 1.61 bits per heavy atom. The van der Waals surface area contributed by atoms with E-state index in [0.29, 0.717) is 12.8 Å². The van der Waals surface area contributed by atoms with Gasteiger partial charge in [-0.25, -0.2) is 13.6 Å². The van der Waals surface area contributed by atoms with Crippen molar-refractivity contribution in [2.24, 2.45) is 17.0 Å². The van der Waals surface area contributed by atoms with Crippen molar-refractivity contribution in [1.29, 1.82) is 0 Å². The number of aliphatic hydroxyl groups excluding tert-OH is 1. The number of nitrogens with two attached hydrogens (primary N) is 1. The van der Waals surface area contributed by atoms with Gasteiger partial charge in [0, 0.05) is 0 Å². The molecular formula is C17H35NO4S. The molecule has 0 amide bonds. The van der Waals surface area contributed by atoms with Crippen LogP contribution in [-0.2, 0) is 10.0 Å². The molecule has 0 aliphatic carbocycles. The molecule has 0 rings (SSSR count). The molecule has 6 heteroatoms. The molecule has 0 saturated carbocycles. The molecular weight excluding hydrogens is 314 g/mol. The summed E-state index contributed by atoms with van der Waals surface area (Å²) < 4.78 is 22.4. The Morgan fingerprint density at radius 3 is 2.13 bits per heavy atom. The lowest BCUT2D eigenvalue weighted by molar-refractivity contribution is 0.186. The van der Waals surface area contributed by atoms with E-state index in [2.05, 4.69) is 6.92 Å². The van der Waals surface area contributed by atoms with E-state index in [4.69, 9.17) is 15.4 Å². The third-order valence-electron chi connectivity index (χ3n) is 4.43.